The van der Waals surface area contributed by atoms with Crippen molar-refractivity contribution in [2.45, 2.75) is 37.4 Å². The first-order valence-corrected chi connectivity index (χ1v) is 14.2. The lowest BCUT2D eigenvalue weighted by Crippen LogP contribution is -2.62. The third kappa shape index (κ3) is 6.48. The van der Waals surface area contributed by atoms with Gasteiger partial charge in [-0.1, -0.05) is 5.18 Å². The summed E-state index contributed by atoms with van der Waals surface area (Å²) >= 11 is 0. The van der Waals surface area contributed by atoms with Crippen LogP contribution >= 0.6 is 0 Å². The van der Waals surface area contributed by atoms with Crippen molar-refractivity contribution in [1.82, 2.24) is 25.0 Å². The lowest BCUT2D eigenvalue weighted by Gasteiger charge is -2.43. The highest BCUT2D eigenvalue weighted by atomic mass is 19.1. The number of hydrogen-bond donors (Lipinski definition) is 3. The van der Waals surface area contributed by atoms with Crippen LogP contribution in [0.25, 0.3) is 0 Å². The summed E-state index contributed by atoms with van der Waals surface area (Å²) in [5, 5.41) is 8.46. The molecule has 0 radical (unpaired) electrons. The summed E-state index contributed by atoms with van der Waals surface area (Å²) in [5.74, 6) is -2.46. The molecule has 4 N–H and O–H groups in total. The number of nitrogens with two attached hydrogens (primary N) is 1. The number of carbonyl (C=O) groups is 2. The van der Waals surface area contributed by atoms with Crippen molar-refractivity contribution < 1.29 is 23.1 Å². The first-order chi connectivity index (χ1) is 19.8. The molecule has 0 spiro atoms. The van der Waals surface area contributed by atoms with Crippen molar-refractivity contribution in [2.24, 2.45) is 22.7 Å². The molecule has 4 aliphatic rings. The van der Waals surface area contributed by atoms with Crippen LogP contribution in [0, 0.1) is 22.6 Å². The Hall–Kier alpha value is -2.85. The lowest BCUT2D eigenvalue weighted by molar-refractivity contribution is -0.140. The third-order valence-corrected chi connectivity index (χ3v) is 8.70. The molecule has 4 aliphatic heterocycles. The molecule has 5 heterocycles. The highest BCUT2D eigenvalue weighted by Crippen LogP contribution is 2.33. The number of pyridine rings is 1. The Kier molecular flexibility index (Phi) is 9.38. The van der Waals surface area contributed by atoms with Crippen molar-refractivity contribution in [3.8, 4) is 0 Å². The summed E-state index contributed by atoms with van der Waals surface area (Å²) in [6.07, 6.45) is 0.215. The minimum atomic E-state index is -1.42. The largest absolute Gasteiger partial charge is 0.378 e. The maximum atomic E-state index is 15.2. The summed E-state index contributed by atoms with van der Waals surface area (Å²) in [6.45, 7) is 5.48. The van der Waals surface area contributed by atoms with Gasteiger partial charge in [0.1, 0.15) is 17.8 Å². The molecule has 41 heavy (non-hydrogen) atoms. The highest BCUT2D eigenvalue weighted by Gasteiger charge is 2.41. The molecule has 1 aromatic heterocycles. The van der Waals surface area contributed by atoms with Crippen LogP contribution in [-0.2, 0) is 14.3 Å². The number of ether oxygens (including phenoxy) is 1. The fourth-order valence-electron chi connectivity index (χ4n) is 6.25. The minimum Gasteiger partial charge on any atom is -0.378 e. The first kappa shape index (κ1) is 29.6. The predicted molar refractivity (Wildman–Crippen MR) is 147 cm³/mol. The zero-order chi connectivity index (χ0) is 29.1. The molecule has 0 saturated carbocycles. The maximum Gasteiger partial charge on any atom is 0.234 e. The standard InChI is InChI=1S/C26H39F2N9O4/c1-34-13-17(27)10-31-24(34)21(23(29)33-40)25(38)32-20-12-30-11-19(28)22(20)36-4-2-16(3-5-36)26(39)37-8-6-35(7-9-37)18-14-41-15-18/h11-12,16-18,21,23-24,31H,2-10,13-15,29H2,1H3,(H,32,38). The second kappa shape index (κ2) is 13.0. The number of piperidine rings is 1. The average molecular weight is 580 g/mol. The van der Waals surface area contributed by atoms with Gasteiger partial charge in [-0.05, 0) is 19.9 Å². The quantitative estimate of drug-likeness (QED) is 0.353. The Labute approximate surface area is 237 Å². The number of aromatic nitrogens is 1. The van der Waals surface area contributed by atoms with Gasteiger partial charge in [0.05, 0.1) is 43.5 Å². The second-order valence-electron chi connectivity index (χ2n) is 11.3. The Balaban J connectivity index is 1.22. The number of nitroso groups, excluding NO2 is 1. The zero-order valence-corrected chi connectivity index (χ0v) is 23.3. The van der Waals surface area contributed by atoms with E-state index >= 15 is 4.39 Å². The van der Waals surface area contributed by atoms with Crippen LogP contribution in [-0.4, -0.2) is 129 Å². The number of anilines is 2. The van der Waals surface area contributed by atoms with Gasteiger partial charge in [0, 0.05) is 58.3 Å². The van der Waals surface area contributed by atoms with Gasteiger partial charge in [-0.15, -0.1) is 4.91 Å². The smallest absolute Gasteiger partial charge is 0.234 e. The summed E-state index contributed by atoms with van der Waals surface area (Å²) in [6, 6.07) is 0.462. The highest BCUT2D eigenvalue weighted by molar-refractivity contribution is 5.96. The molecular formula is C26H39F2N9O4. The monoisotopic (exact) mass is 579 g/mol. The summed E-state index contributed by atoms with van der Waals surface area (Å²) in [7, 11) is 1.62. The fourth-order valence-corrected chi connectivity index (χ4v) is 6.25. The van der Waals surface area contributed by atoms with Crippen LogP contribution in [0.2, 0.25) is 0 Å². The summed E-state index contributed by atoms with van der Waals surface area (Å²) in [4.78, 5) is 49.6. The Morgan fingerprint density at radius 2 is 1.88 bits per heavy atom. The first-order valence-electron chi connectivity index (χ1n) is 14.2. The van der Waals surface area contributed by atoms with Crippen LogP contribution in [0.15, 0.2) is 17.6 Å². The van der Waals surface area contributed by atoms with Crippen LogP contribution < -0.4 is 21.3 Å². The molecule has 4 unspecified atom stereocenters. The predicted octanol–water partition coefficient (Wildman–Crippen LogP) is -0.215. The van der Waals surface area contributed by atoms with Crippen LogP contribution in [0.1, 0.15) is 12.8 Å². The molecular weight excluding hydrogens is 540 g/mol. The van der Waals surface area contributed by atoms with Crippen molar-refractivity contribution in [2.75, 3.05) is 82.8 Å². The fraction of sp³-hybridized carbons (Fsp3) is 0.731. The molecule has 0 aromatic carbocycles. The van der Waals surface area contributed by atoms with Gasteiger partial charge in [-0.2, -0.15) is 0 Å². The molecule has 2 amide bonds. The van der Waals surface area contributed by atoms with Gasteiger partial charge in [0.15, 0.2) is 12.0 Å². The van der Waals surface area contributed by atoms with E-state index in [9.17, 15) is 18.9 Å². The molecule has 1 aromatic rings. The van der Waals surface area contributed by atoms with E-state index in [1.807, 2.05) is 4.90 Å². The molecule has 4 saturated heterocycles. The van der Waals surface area contributed by atoms with Crippen LogP contribution in [0.5, 0.6) is 0 Å². The third-order valence-electron chi connectivity index (χ3n) is 8.70. The van der Waals surface area contributed by atoms with E-state index in [0.717, 1.165) is 32.5 Å². The Morgan fingerprint density at radius 3 is 2.49 bits per heavy atom. The molecule has 4 atom stereocenters. The van der Waals surface area contributed by atoms with Gasteiger partial charge in [0.2, 0.25) is 11.8 Å². The van der Waals surface area contributed by atoms with Crippen molar-refractivity contribution >= 4 is 23.2 Å². The molecule has 15 heteroatoms. The summed E-state index contributed by atoms with van der Waals surface area (Å²) in [5.41, 5.74) is 6.19. The average Bonchev–Trinajstić information content (AvgIpc) is 2.93. The number of alkyl halides is 1. The maximum absolute atomic E-state index is 15.2. The van der Waals surface area contributed by atoms with E-state index in [1.54, 1.807) is 16.8 Å². The summed E-state index contributed by atoms with van der Waals surface area (Å²) < 4.78 is 34.3. The number of carbonyl (C=O) groups excluding carboxylic acids is 2. The molecule has 5 rings (SSSR count). The number of piperazine rings is 1. The number of nitrogens with one attached hydrogen (secondary N) is 2. The number of amides is 2. The van der Waals surface area contributed by atoms with Gasteiger partial charge in [-0.25, -0.2) is 8.78 Å². The number of halogens is 2. The topological polar surface area (TPSA) is 149 Å². The van der Waals surface area contributed by atoms with E-state index in [1.165, 1.54) is 6.20 Å². The van der Waals surface area contributed by atoms with E-state index in [4.69, 9.17) is 10.5 Å². The lowest BCUT2D eigenvalue weighted by atomic mass is 9.94. The molecule has 226 valence electrons. The normalized spacial score (nSPS) is 26.7. The van der Waals surface area contributed by atoms with E-state index < -0.39 is 36.1 Å². The second-order valence-corrected chi connectivity index (χ2v) is 11.3. The van der Waals surface area contributed by atoms with E-state index in [0.29, 0.717) is 45.1 Å². The molecule has 4 fully saturated rings. The van der Waals surface area contributed by atoms with Crippen molar-refractivity contribution in [3.05, 3.63) is 23.1 Å². The molecule has 13 nitrogen and oxygen atoms in total. The SMILES string of the molecule is CN1CC(F)CNC1C(C(=O)Nc1cncc(F)c1N1CCC(C(=O)N2CCN(C3COC3)CC2)CC1)C(N)N=O. The minimum absolute atomic E-state index is 0.00401. The van der Waals surface area contributed by atoms with E-state index in [2.05, 4.69) is 25.7 Å². The molecule has 0 bridgehead atoms. The van der Waals surface area contributed by atoms with Gasteiger partial charge < -0.3 is 25.6 Å². The van der Waals surface area contributed by atoms with Gasteiger partial charge >= 0.3 is 0 Å². The number of rotatable bonds is 8. The Morgan fingerprint density at radius 1 is 1.17 bits per heavy atom. The molecule has 0 aliphatic carbocycles. The van der Waals surface area contributed by atoms with Crippen molar-refractivity contribution in [3.63, 3.8) is 0 Å². The Bertz CT molecular complexity index is 1100. The van der Waals surface area contributed by atoms with Crippen molar-refractivity contribution in [1.29, 1.82) is 0 Å². The van der Waals surface area contributed by atoms with Crippen LogP contribution in [0.3, 0.4) is 0 Å². The van der Waals surface area contributed by atoms with E-state index in [-0.39, 0.29) is 36.3 Å². The van der Waals surface area contributed by atoms with Gasteiger partial charge in [-0.3, -0.25) is 29.7 Å². The van der Waals surface area contributed by atoms with Gasteiger partial charge in [0.25, 0.3) is 0 Å². The zero-order valence-electron chi connectivity index (χ0n) is 23.3. The van der Waals surface area contributed by atoms with Crippen LogP contribution in [0.4, 0.5) is 20.2 Å². The number of nitrogens with zero attached hydrogens (tertiary/aromatic N) is 6. The number of hydrogen-bond acceptors (Lipinski definition) is 11.